The molecule has 0 radical (unpaired) electrons. The van der Waals surface area contributed by atoms with Crippen LogP contribution < -0.4 is 4.90 Å². The summed E-state index contributed by atoms with van der Waals surface area (Å²) < 4.78 is 14.7. The maximum atomic E-state index is 13.9. The van der Waals surface area contributed by atoms with Gasteiger partial charge in [0.25, 0.3) is 0 Å². The van der Waals surface area contributed by atoms with Gasteiger partial charge in [-0.2, -0.15) is 0 Å². The molecule has 2 aromatic rings. The Morgan fingerprint density at radius 3 is 2.50 bits per heavy atom. The maximum absolute atomic E-state index is 13.9. The van der Waals surface area contributed by atoms with Crippen LogP contribution in [0.5, 0.6) is 0 Å². The van der Waals surface area contributed by atoms with E-state index < -0.39 is 6.10 Å². The molecule has 0 aromatic heterocycles. The molecule has 2 nitrogen and oxygen atoms in total. The summed E-state index contributed by atoms with van der Waals surface area (Å²) >= 11 is 3.25. The molecule has 0 heterocycles. The number of para-hydroxylation sites is 1. The average Bonchev–Trinajstić information content (AvgIpc) is 2.41. The number of aliphatic hydroxyl groups excluding tert-OH is 1. The summed E-state index contributed by atoms with van der Waals surface area (Å²) in [6.45, 7) is 2.61. The molecule has 0 aliphatic carbocycles. The van der Waals surface area contributed by atoms with E-state index in [0.29, 0.717) is 18.7 Å². The lowest BCUT2D eigenvalue weighted by Gasteiger charge is -2.26. The highest BCUT2D eigenvalue weighted by atomic mass is 79.9. The van der Waals surface area contributed by atoms with E-state index in [0.717, 1.165) is 10.2 Å². The summed E-state index contributed by atoms with van der Waals surface area (Å²) in [6.07, 6.45) is -0.478. The Bertz CT molecular complexity index is 560. The van der Waals surface area contributed by atoms with Crippen LogP contribution in [0.2, 0.25) is 0 Å². The Hall–Kier alpha value is -1.39. The summed E-state index contributed by atoms with van der Waals surface area (Å²) in [6, 6.07) is 14.8. The molecule has 20 heavy (non-hydrogen) atoms. The number of aliphatic hydroxyl groups is 1. The first kappa shape index (κ1) is 15.0. The monoisotopic (exact) mass is 337 g/mol. The zero-order chi connectivity index (χ0) is 14.5. The summed E-state index contributed by atoms with van der Waals surface area (Å²) in [5.41, 5.74) is 1.58. The summed E-state index contributed by atoms with van der Waals surface area (Å²) in [4.78, 5) is 1.97. The van der Waals surface area contributed by atoms with Crippen molar-refractivity contribution in [2.45, 2.75) is 19.6 Å². The van der Waals surface area contributed by atoms with Crippen molar-refractivity contribution in [3.63, 3.8) is 0 Å². The Kier molecular flexibility index (Phi) is 5.15. The van der Waals surface area contributed by atoms with Crippen molar-refractivity contribution in [2.24, 2.45) is 0 Å². The van der Waals surface area contributed by atoms with Crippen LogP contribution in [0.25, 0.3) is 0 Å². The molecule has 0 aliphatic heterocycles. The number of nitrogens with zero attached hydrogens (tertiary/aromatic N) is 1. The normalized spacial score (nSPS) is 12.2. The van der Waals surface area contributed by atoms with Crippen molar-refractivity contribution in [3.8, 4) is 0 Å². The third-order valence-electron chi connectivity index (χ3n) is 2.98. The van der Waals surface area contributed by atoms with Gasteiger partial charge in [0.15, 0.2) is 0 Å². The minimum absolute atomic E-state index is 0.245. The van der Waals surface area contributed by atoms with Gasteiger partial charge in [-0.05, 0) is 31.2 Å². The summed E-state index contributed by atoms with van der Waals surface area (Å²) in [5.74, 6) is -0.245. The van der Waals surface area contributed by atoms with E-state index in [4.69, 9.17) is 0 Å². The molecule has 1 unspecified atom stereocenters. The van der Waals surface area contributed by atoms with Crippen LogP contribution in [-0.2, 0) is 6.54 Å². The van der Waals surface area contributed by atoms with E-state index in [2.05, 4.69) is 15.9 Å². The molecule has 0 saturated carbocycles. The van der Waals surface area contributed by atoms with Gasteiger partial charge in [0.1, 0.15) is 5.82 Å². The molecule has 2 aromatic carbocycles. The predicted octanol–water partition coefficient (Wildman–Crippen LogP) is 3.98. The molecule has 0 bridgehead atoms. The van der Waals surface area contributed by atoms with Crippen molar-refractivity contribution in [1.82, 2.24) is 0 Å². The second-order valence-electron chi connectivity index (χ2n) is 4.80. The van der Waals surface area contributed by atoms with E-state index in [9.17, 15) is 9.50 Å². The molecule has 0 spiro atoms. The third kappa shape index (κ3) is 4.05. The van der Waals surface area contributed by atoms with Crippen molar-refractivity contribution < 1.29 is 9.50 Å². The highest BCUT2D eigenvalue weighted by molar-refractivity contribution is 9.10. The molecular formula is C16H17BrFNO. The zero-order valence-corrected chi connectivity index (χ0v) is 12.8. The topological polar surface area (TPSA) is 23.5 Å². The minimum Gasteiger partial charge on any atom is -0.392 e. The Balaban J connectivity index is 2.24. The van der Waals surface area contributed by atoms with Gasteiger partial charge in [-0.1, -0.05) is 40.2 Å². The number of rotatable bonds is 5. The van der Waals surface area contributed by atoms with Crippen molar-refractivity contribution >= 4 is 21.6 Å². The third-order valence-corrected chi connectivity index (χ3v) is 3.48. The van der Waals surface area contributed by atoms with Crippen LogP contribution in [0.15, 0.2) is 53.0 Å². The van der Waals surface area contributed by atoms with Crippen LogP contribution in [0, 0.1) is 5.82 Å². The average molecular weight is 338 g/mol. The molecule has 106 valence electrons. The van der Waals surface area contributed by atoms with Crippen LogP contribution >= 0.6 is 15.9 Å². The lowest BCUT2D eigenvalue weighted by Crippen LogP contribution is -2.30. The van der Waals surface area contributed by atoms with E-state index in [1.54, 1.807) is 13.0 Å². The van der Waals surface area contributed by atoms with Crippen LogP contribution in [-0.4, -0.2) is 17.8 Å². The lowest BCUT2D eigenvalue weighted by atomic mass is 10.1. The lowest BCUT2D eigenvalue weighted by molar-refractivity contribution is 0.199. The molecule has 0 aliphatic rings. The van der Waals surface area contributed by atoms with Gasteiger partial charge < -0.3 is 10.0 Å². The van der Waals surface area contributed by atoms with Gasteiger partial charge in [0.05, 0.1) is 6.10 Å². The van der Waals surface area contributed by atoms with E-state index in [1.165, 1.54) is 6.07 Å². The molecule has 0 saturated heterocycles. The first-order valence-corrected chi connectivity index (χ1v) is 7.27. The molecule has 1 atom stereocenters. The van der Waals surface area contributed by atoms with E-state index >= 15 is 0 Å². The highest BCUT2D eigenvalue weighted by Crippen LogP contribution is 2.21. The number of halogens is 2. The number of hydrogen-bond donors (Lipinski definition) is 1. The maximum Gasteiger partial charge on any atom is 0.129 e. The smallest absolute Gasteiger partial charge is 0.129 e. The van der Waals surface area contributed by atoms with Crippen molar-refractivity contribution in [1.29, 1.82) is 0 Å². The Morgan fingerprint density at radius 2 is 1.90 bits per heavy atom. The second kappa shape index (κ2) is 6.86. The molecule has 0 amide bonds. The second-order valence-corrected chi connectivity index (χ2v) is 5.72. The van der Waals surface area contributed by atoms with Gasteiger partial charge >= 0.3 is 0 Å². The fraction of sp³-hybridized carbons (Fsp3) is 0.250. The standard InChI is InChI=1S/C16H17BrFNO/c1-12(20)10-19(15-5-3-2-4-6-15)11-13-7-8-14(17)9-16(13)18/h2-9,12,20H,10-11H2,1H3. The number of anilines is 1. The van der Waals surface area contributed by atoms with Crippen LogP contribution in [0.3, 0.4) is 0 Å². The van der Waals surface area contributed by atoms with Gasteiger partial charge in [0.2, 0.25) is 0 Å². The van der Waals surface area contributed by atoms with Gasteiger partial charge in [0, 0.05) is 28.8 Å². The number of benzene rings is 2. The van der Waals surface area contributed by atoms with Crippen LogP contribution in [0.1, 0.15) is 12.5 Å². The molecule has 1 N–H and O–H groups in total. The zero-order valence-electron chi connectivity index (χ0n) is 11.3. The Labute approximate surface area is 127 Å². The first-order valence-electron chi connectivity index (χ1n) is 6.48. The number of hydrogen-bond acceptors (Lipinski definition) is 2. The SMILES string of the molecule is CC(O)CN(Cc1ccc(Br)cc1F)c1ccccc1. The van der Waals surface area contributed by atoms with Crippen molar-refractivity contribution in [2.75, 3.05) is 11.4 Å². The Morgan fingerprint density at radius 1 is 1.20 bits per heavy atom. The molecule has 0 fully saturated rings. The summed E-state index contributed by atoms with van der Waals surface area (Å²) in [5, 5.41) is 9.63. The van der Waals surface area contributed by atoms with Crippen molar-refractivity contribution in [3.05, 3.63) is 64.4 Å². The first-order chi connectivity index (χ1) is 9.56. The van der Waals surface area contributed by atoms with Crippen LogP contribution in [0.4, 0.5) is 10.1 Å². The highest BCUT2D eigenvalue weighted by Gasteiger charge is 2.12. The largest absolute Gasteiger partial charge is 0.392 e. The van der Waals surface area contributed by atoms with E-state index in [-0.39, 0.29) is 5.82 Å². The summed E-state index contributed by atoms with van der Waals surface area (Å²) in [7, 11) is 0. The minimum atomic E-state index is -0.478. The van der Waals surface area contributed by atoms with E-state index in [1.807, 2.05) is 41.3 Å². The van der Waals surface area contributed by atoms with Gasteiger partial charge in [-0.25, -0.2) is 4.39 Å². The molecular weight excluding hydrogens is 321 g/mol. The van der Waals surface area contributed by atoms with Gasteiger partial charge in [-0.3, -0.25) is 0 Å². The fourth-order valence-corrected chi connectivity index (χ4v) is 2.41. The molecule has 4 heteroatoms. The fourth-order valence-electron chi connectivity index (χ4n) is 2.07. The molecule has 2 rings (SSSR count). The quantitative estimate of drug-likeness (QED) is 0.892. The predicted molar refractivity (Wildman–Crippen MR) is 83.3 cm³/mol. The van der Waals surface area contributed by atoms with Gasteiger partial charge in [-0.15, -0.1) is 0 Å².